The van der Waals surface area contributed by atoms with E-state index in [0.29, 0.717) is 0 Å². The van der Waals surface area contributed by atoms with E-state index in [9.17, 15) is 4.39 Å². The largest absolute Gasteiger partial charge is 0.389 e. The van der Waals surface area contributed by atoms with Crippen LogP contribution in [0.1, 0.15) is 84.0 Å². The summed E-state index contributed by atoms with van der Waals surface area (Å²) in [5.74, 6) is -0.387. The number of allylic oxidation sites excluding steroid dienone is 1. The summed E-state index contributed by atoms with van der Waals surface area (Å²) < 4.78 is 12.5. The van der Waals surface area contributed by atoms with Gasteiger partial charge in [0.2, 0.25) is 0 Å². The Morgan fingerprint density at radius 3 is 1.72 bits per heavy atom. The molecule has 1 nitrogen and oxygen atoms in total. The van der Waals surface area contributed by atoms with Crippen LogP contribution in [0.3, 0.4) is 0 Å². The second-order valence-corrected chi connectivity index (χ2v) is 5.13. The molecule has 0 aromatic rings. The summed E-state index contributed by atoms with van der Waals surface area (Å²) >= 11 is 0. The van der Waals surface area contributed by atoms with Crippen LogP contribution in [0.5, 0.6) is 0 Å². The smallest absolute Gasteiger partial charge is 0.121 e. The zero-order valence-corrected chi connectivity index (χ0v) is 12.1. The first-order valence-electron chi connectivity index (χ1n) is 7.76. The lowest BCUT2D eigenvalue weighted by Gasteiger charge is -2.01. The Bertz CT molecular complexity index is 190. The van der Waals surface area contributed by atoms with E-state index in [1.807, 2.05) is 0 Å². The SMILES string of the molecule is CCCCCCCCCCCCC/C=C(/F)CO. The van der Waals surface area contributed by atoms with Crippen molar-refractivity contribution in [2.75, 3.05) is 6.61 Å². The quantitative estimate of drug-likeness (QED) is 0.430. The lowest BCUT2D eigenvalue weighted by Crippen LogP contribution is -1.83. The molecule has 0 aromatic carbocycles. The van der Waals surface area contributed by atoms with Gasteiger partial charge in [-0.25, -0.2) is 4.39 Å². The van der Waals surface area contributed by atoms with Crippen LogP contribution < -0.4 is 0 Å². The summed E-state index contributed by atoms with van der Waals surface area (Å²) in [7, 11) is 0. The highest BCUT2D eigenvalue weighted by Gasteiger charge is 1.93. The first-order chi connectivity index (χ1) is 8.81. The molecule has 0 unspecified atom stereocenters. The average Bonchev–Trinajstić information content (AvgIpc) is 2.39. The molecule has 0 fully saturated rings. The first kappa shape index (κ1) is 17.6. The maximum Gasteiger partial charge on any atom is 0.121 e. The Morgan fingerprint density at radius 1 is 0.833 bits per heavy atom. The second-order valence-electron chi connectivity index (χ2n) is 5.13. The van der Waals surface area contributed by atoms with Crippen molar-refractivity contribution in [2.24, 2.45) is 0 Å². The minimum absolute atomic E-state index is 0.387. The van der Waals surface area contributed by atoms with Gasteiger partial charge in [0.1, 0.15) is 5.83 Å². The molecule has 0 rings (SSSR count). The molecule has 2 heteroatoms. The van der Waals surface area contributed by atoms with Gasteiger partial charge in [-0.3, -0.25) is 0 Å². The Balaban J connectivity index is 3.03. The van der Waals surface area contributed by atoms with Crippen molar-refractivity contribution in [1.29, 1.82) is 0 Å². The molecule has 0 atom stereocenters. The predicted octanol–water partition coefficient (Wildman–Crippen LogP) is 5.53. The van der Waals surface area contributed by atoms with Crippen LogP contribution in [0, 0.1) is 0 Å². The normalized spacial score (nSPS) is 12.1. The molecule has 108 valence electrons. The lowest BCUT2D eigenvalue weighted by atomic mass is 10.1. The number of aliphatic hydroxyl groups excluding tert-OH is 1. The van der Waals surface area contributed by atoms with E-state index in [1.54, 1.807) is 0 Å². The number of unbranched alkanes of at least 4 members (excludes halogenated alkanes) is 11. The highest BCUT2D eigenvalue weighted by atomic mass is 19.1. The first-order valence-corrected chi connectivity index (χ1v) is 7.76. The summed E-state index contributed by atoms with van der Waals surface area (Å²) in [6.07, 6.45) is 16.7. The van der Waals surface area contributed by atoms with E-state index in [4.69, 9.17) is 5.11 Å². The van der Waals surface area contributed by atoms with Crippen molar-refractivity contribution >= 4 is 0 Å². The molecule has 0 bridgehead atoms. The Hall–Kier alpha value is -0.370. The van der Waals surface area contributed by atoms with Crippen molar-refractivity contribution in [3.8, 4) is 0 Å². The topological polar surface area (TPSA) is 20.2 Å². The van der Waals surface area contributed by atoms with Crippen LogP contribution in [0.15, 0.2) is 11.9 Å². The molecule has 0 radical (unpaired) electrons. The number of aliphatic hydroxyl groups is 1. The molecule has 0 aliphatic carbocycles. The fourth-order valence-electron chi connectivity index (χ4n) is 2.13. The van der Waals surface area contributed by atoms with Crippen molar-refractivity contribution < 1.29 is 9.50 Å². The minimum atomic E-state index is -0.446. The molecule has 0 saturated carbocycles. The Kier molecular flexibility index (Phi) is 14.4. The van der Waals surface area contributed by atoms with Gasteiger partial charge in [0.15, 0.2) is 0 Å². The molecule has 0 aliphatic rings. The summed E-state index contributed by atoms with van der Waals surface area (Å²) in [6, 6.07) is 0. The number of hydrogen-bond acceptors (Lipinski definition) is 1. The van der Waals surface area contributed by atoms with E-state index in [1.165, 1.54) is 70.3 Å². The third kappa shape index (κ3) is 13.7. The molecule has 18 heavy (non-hydrogen) atoms. The van der Waals surface area contributed by atoms with Crippen LogP contribution in [-0.2, 0) is 0 Å². The molecular formula is C16H31FO. The van der Waals surface area contributed by atoms with Gasteiger partial charge in [-0.1, -0.05) is 77.2 Å². The van der Waals surface area contributed by atoms with Gasteiger partial charge in [0.25, 0.3) is 0 Å². The van der Waals surface area contributed by atoms with Gasteiger partial charge < -0.3 is 5.11 Å². The molecule has 0 saturated heterocycles. The molecule has 1 N–H and O–H groups in total. The van der Waals surface area contributed by atoms with Gasteiger partial charge in [-0.2, -0.15) is 0 Å². The fraction of sp³-hybridized carbons (Fsp3) is 0.875. The summed E-state index contributed by atoms with van der Waals surface area (Å²) in [5, 5.41) is 8.47. The van der Waals surface area contributed by atoms with E-state index in [-0.39, 0.29) is 5.83 Å². The van der Waals surface area contributed by atoms with Crippen molar-refractivity contribution in [3.05, 3.63) is 11.9 Å². The number of rotatable bonds is 13. The maximum atomic E-state index is 12.5. The minimum Gasteiger partial charge on any atom is -0.389 e. The monoisotopic (exact) mass is 258 g/mol. The van der Waals surface area contributed by atoms with Crippen molar-refractivity contribution in [1.82, 2.24) is 0 Å². The van der Waals surface area contributed by atoms with Crippen molar-refractivity contribution in [2.45, 2.75) is 84.0 Å². The fourth-order valence-corrected chi connectivity index (χ4v) is 2.13. The van der Waals surface area contributed by atoms with Crippen molar-refractivity contribution in [3.63, 3.8) is 0 Å². The third-order valence-electron chi connectivity index (χ3n) is 3.32. The molecule has 0 amide bonds. The molecule has 0 heterocycles. The standard InChI is InChI=1S/C16H31FO/c1-2-3-4-5-6-7-8-9-10-11-12-13-14-16(17)15-18/h14,18H,2-13,15H2,1H3/b16-14+. The highest BCUT2D eigenvalue weighted by Crippen LogP contribution is 2.12. The zero-order valence-electron chi connectivity index (χ0n) is 12.1. The van der Waals surface area contributed by atoms with Gasteiger partial charge in [0.05, 0.1) is 6.61 Å². The van der Waals surface area contributed by atoms with E-state index in [0.717, 1.165) is 12.8 Å². The molecule has 0 spiro atoms. The number of halogens is 1. The predicted molar refractivity (Wildman–Crippen MR) is 77.4 cm³/mol. The number of hydrogen-bond donors (Lipinski definition) is 1. The van der Waals surface area contributed by atoms with Crippen LogP contribution >= 0.6 is 0 Å². The van der Waals surface area contributed by atoms with Gasteiger partial charge in [0, 0.05) is 0 Å². The average molecular weight is 258 g/mol. The van der Waals surface area contributed by atoms with Gasteiger partial charge >= 0.3 is 0 Å². The maximum absolute atomic E-state index is 12.5. The van der Waals surface area contributed by atoms with Gasteiger partial charge in [-0.15, -0.1) is 0 Å². The Morgan fingerprint density at radius 2 is 1.28 bits per heavy atom. The summed E-state index contributed by atoms with van der Waals surface area (Å²) in [4.78, 5) is 0. The Labute approximate surface area is 112 Å². The molecular weight excluding hydrogens is 227 g/mol. The van der Waals surface area contributed by atoms with E-state index < -0.39 is 6.61 Å². The molecule has 0 aromatic heterocycles. The van der Waals surface area contributed by atoms with Crippen LogP contribution in [0.25, 0.3) is 0 Å². The van der Waals surface area contributed by atoms with E-state index >= 15 is 0 Å². The van der Waals surface area contributed by atoms with Crippen LogP contribution in [0.4, 0.5) is 4.39 Å². The molecule has 0 aliphatic heterocycles. The summed E-state index contributed by atoms with van der Waals surface area (Å²) in [6.45, 7) is 1.81. The zero-order chi connectivity index (χ0) is 13.5. The second kappa shape index (κ2) is 14.7. The highest BCUT2D eigenvalue weighted by molar-refractivity contribution is 4.90. The third-order valence-corrected chi connectivity index (χ3v) is 3.32. The summed E-state index contributed by atoms with van der Waals surface area (Å²) in [5.41, 5.74) is 0. The van der Waals surface area contributed by atoms with Crippen LogP contribution in [0.2, 0.25) is 0 Å². The van der Waals surface area contributed by atoms with E-state index in [2.05, 4.69) is 6.92 Å². The van der Waals surface area contributed by atoms with Gasteiger partial charge in [-0.05, 0) is 12.8 Å². The lowest BCUT2D eigenvalue weighted by molar-refractivity contribution is 0.297. The van der Waals surface area contributed by atoms with Crippen LogP contribution in [-0.4, -0.2) is 11.7 Å².